The number of hydrogen-bond acceptors (Lipinski definition) is 0. The van der Waals surface area contributed by atoms with Crippen LogP contribution in [-0.4, -0.2) is 0 Å². The Labute approximate surface area is 52.3 Å². The van der Waals surface area contributed by atoms with Crippen molar-refractivity contribution in [3.63, 3.8) is 0 Å². The predicted molar refractivity (Wildman–Crippen MR) is 36.9 cm³/mol. The first kappa shape index (κ1) is 6.12. The summed E-state index contributed by atoms with van der Waals surface area (Å²) < 4.78 is 0. The lowest BCUT2D eigenvalue weighted by atomic mass is 10.4. The van der Waals surface area contributed by atoms with Gasteiger partial charge in [-0.1, -0.05) is 51.4 Å². The van der Waals surface area contributed by atoms with Crippen molar-refractivity contribution in [2.75, 3.05) is 0 Å². The molecule has 0 aromatic heterocycles. The molecular weight excluding hydrogens is 96.1 g/mol. The van der Waals surface area contributed by atoms with Gasteiger partial charge in [-0.2, -0.15) is 0 Å². The molecule has 2 fully saturated rings. The average Bonchev–Trinajstić information content (AvgIpc) is 2.55. The normalized spacial score (nSPS) is 24.0. The van der Waals surface area contributed by atoms with Gasteiger partial charge in [-0.15, -0.1) is 0 Å². The van der Waals surface area contributed by atoms with Gasteiger partial charge < -0.3 is 0 Å². The molecule has 2 aliphatic carbocycles. The standard InChI is InChI=1S/C5H10.C3H6/c1-2-4-5-3-1;1-2-3-1/h1-5H2;1-3H2. The van der Waals surface area contributed by atoms with Crippen molar-refractivity contribution in [2.24, 2.45) is 0 Å². The Morgan fingerprint density at radius 2 is 0.375 bits per heavy atom. The van der Waals surface area contributed by atoms with Crippen LogP contribution in [0, 0.1) is 0 Å². The summed E-state index contributed by atoms with van der Waals surface area (Å²) in [6, 6.07) is 0. The van der Waals surface area contributed by atoms with Gasteiger partial charge in [0.05, 0.1) is 0 Å². The van der Waals surface area contributed by atoms with E-state index in [0.29, 0.717) is 0 Å². The van der Waals surface area contributed by atoms with Gasteiger partial charge in [0.1, 0.15) is 0 Å². The highest BCUT2D eigenvalue weighted by Crippen LogP contribution is 2.15. The molecule has 0 atom stereocenters. The minimum Gasteiger partial charge on any atom is -0.0533 e. The third-order valence-corrected chi connectivity index (χ3v) is 1.60. The van der Waals surface area contributed by atoms with Crippen LogP contribution in [0.1, 0.15) is 51.4 Å². The van der Waals surface area contributed by atoms with Crippen LogP contribution < -0.4 is 0 Å². The van der Waals surface area contributed by atoms with Crippen molar-refractivity contribution in [3.8, 4) is 0 Å². The summed E-state index contributed by atoms with van der Waals surface area (Å²) in [5, 5.41) is 0. The molecular formula is C8H16. The molecule has 0 aromatic rings. The predicted octanol–water partition coefficient (Wildman–Crippen LogP) is 3.12. The van der Waals surface area contributed by atoms with Crippen molar-refractivity contribution in [2.45, 2.75) is 51.4 Å². The van der Waals surface area contributed by atoms with Gasteiger partial charge in [0.15, 0.2) is 0 Å². The maximum absolute atomic E-state index is 1.50. The average molecular weight is 112 g/mol. The number of rotatable bonds is 0. The second-order valence-electron chi connectivity index (χ2n) is 2.83. The molecule has 48 valence electrons. The molecule has 0 heterocycles. The van der Waals surface area contributed by atoms with E-state index >= 15 is 0 Å². The Bertz CT molecular complexity index is 31.6. The molecule has 8 heavy (non-hydrogen) atoms. The van der Waals surface area contributed by atoms with Crippen LogP contribution in [0.15, 0.2) is 0 Å². The van der Waals surface area contributed by atoms with Gasteiger partial charge in [-0.25, -0.2) is 0 Å². The zero-order valence-electron chi connectivity index (χ0n) is 5.66. The lowest BCUT2D eigenvalue weighted by Crippen LogP contribution is -1.47. The molecule has 0 spiro atoms. The Kier molecular flexibility index (Phi) is 3.01. The topological polar surface area (TPSA) is 0 Å². The van der Waals surface area contributed by atoms with E-state index in [0.717, 1.165) is 0 Å². The first-order valence-corrected chi connectivity index (χ1v) is 4.00. The van der Waals surface area contributed by atoms with E-state index in [1.165, 1.54) is 51.4 Å². The second-order valence-corrected chi connectivity index (χ2v) is 2.83. The van der Waals surface area contributed by atoms with Gasteiger partial charge in [0.2, 0.25) is 0 Å². The first-order chi connectivity index (χ1) is 4.00. The number of hydrogen-bond donors (Lipinski definition) is 0. The summed E-state index contributed by atoms with van der Waals surface area (Å²) >= 11 is 0. The van der Waals surface area contributed by atoms with Gasteiger partial charge in [0, 0.05) is 0 Å². The molecule has 2 saturated carbocycles. The first-order valence-electron chi connectivity index (χ1n) is 4.00. The van der Waals surface area contributed by atoms with Crippen LogP contribution >= 0.6 is 0 Å². The van der Waals surface area contributed by atoms with Crippen LogP contribution in [0.3, 0.4) is 0 Å². The molecule has 0 N–H and O–H groups in total. The molecule has 2 rings (SSSR count). The fourth-order valence-electron chi connectivity index (χ4n) is 0.884. The van der Waals surface area contributed by atoms with E-state index < -0.39 is 0 Å². The summed E-state index contributed by atoms with van der Waals surface area (Å²) in [4.78, 5) is 0. The fraction of sp³-hybridized carbons (Fsp3) is 1.00. The minimum atomic E-state index is 1.50. The molecule has 0 nitrogen and oxygen atoms in total. The minimum absolute atomic E-state index is 1.50. The maximum Gasteiger partial charge on any atom is -0.0533 e. The van der Waals surface area contributed by atoms with Crippen LogP contribution in [0.4, 0.5) is 0 Å². The van der Waals surface area contributed by atoms with Crippen molar-refractivity contribution in [1.29, 1.82) is 0 Å². The highest BCUT2D eigenvalue weighted by molar-refractivity contribution is 4.51. The molecule has 0 bridgehead atoms. The van der Waals surface area contributed by atoms with Crippen LogP contribution in [0.5, 0.6) is 0 Å². The van der Waals surface area contributed by atoms with Gasteiger partial charge in [0.25, 0.3) is 0 Å². The quantitative estimate of drug-likeness (QED) is 0.451. The SMILES string of the molecule is C1CC1.C1CCCC1. The second kappa shape index (κ2) is 3.94. The zero-order valence-corrected chi connectivity index (χ0v) is 5.66. The smallest absolute Gasteiger partial charge is 0.0533 e. The largest absolute Gasteiger partial charge is 0.0533 e. The van der Waals surface area contributed by atoms with E-state index in [2.05, 4.69) is 0 Å². The molecule has 0 saturated heterocycles. The Morgan fingerprint density at radius 3 is 0.500 bits per heavy atom. The van der Waals surface area contributed by atoms with Gasteiger partial charge >= 0.3 is 0 Å². The molecule has 0 radical (unpaired) electrons. The summed E-state index contributed by atoms with van der Waals surface area (Å²) in [6.45, 7) is 0. The zero-order chi connectivity index (χ0) is 5.66. The van der Waals surface area contributed by atoms with Crippen molar-refractivity contribution in [1.82, 2.24) is 0 Å². The summed E-state index contributed by atoms with van der Waals surface area (Å²) in [5.74, 6) is 0. The third kappa shape index (κ3) is 4.17. The van der Waals surface area contributed by atoms with Crippen LogP contribution in [0.2, 0.25) is 0 Å². The van der Waals surface area contributed by atoms with Crippen LogP contribution in [-0.2, 0) is 0 Å². The maximum atomic E-state index is 1.50. The van der Waals surface area contributed by atoms with E-state index in [9.17, 15) is 0 Å². The van der Waals surface area contributed by atoms with Crippen molar-refractivity contribution >= 4 is 0 Å². The highest BCUT2D eigenvalue weighted by Gasteiger charge is 1.95. The van der Waals surface area contributed by atoms with E-state index in [-0.39, 0.29) is 0 Å². The lowest BCUT2D eigenvalue weighted by Gasteiger charge is -1.67. The van der Waals surface area contributed by atoms with E-state index in [1.54, 1.807) is 0 Å². The molecule has 0 unspecified atom stereocenters. The van der Waals surface area contributed by atoms with Gasteiger partial charge in [-0.05, 0) is 0 Å². The monoisotopic (exact) mass is 112 g/mol. The fourth-order valence-corrected chi connectivity index (χ4v) is 0.884. The Balaban J connectivity index is 0.0000000907. The molecule has 0 aliphatic heterocycles. The van der Waals surface area contributed by atoms with Crippen molar-refractivity contribution in [3.05, 3.63) is 0 Å². The highest BCUT2D eigenvalue weighted by atomic mass is 14.0. The molecule has 0 aromatic carbocycles. The summed E-state index contributed by atoms with van der Waals surface area (Å²) in [5.41, 5.74) is 0. The summed E-state index contributed by atoms with van der Waals surface area (Å²) in [6.07, 6.45) is 12.0. The Morgan fingerprint density at radius 1 is 0.250 bits per heavy atom. The van der Waals surface area contributed by atoms with Crippen molar-refractivity contribution < 1.29 is 0 Å². The van der Waals surface area contributed by atoms with Crippen LogP contribution in [0.25, 0.3) is 0 Å². The third-order valence-electron chi connectivity index (χ3n) is 1.60. The molecule has 0 amide bonds. The lowest BCUT2D eigenvalue weighted by molar-refractivity contribution is 0.886. The molecule has 2 aliphatic rings. The van der Waals surface area contributed by atoms with E-state index in [4.69, 9.17) is 0 Å². The van der Waals surface area contributed by atoms with Gasteiger partial charge in [-0.3, -0.25) is 0 Å². The van der Waals surface area contributed by atoms with E-state index in [1.807, 2.05) is 0 Å². The molecule has 0 heteroatoms. The Hall–Kier alpha value is 0. The summed E-state index contributed by atoms with van der Waals surface area (Å²) in [7, 11) is 0.